The molecule has 0 bridgehead atoms. The minimum absolute atomic E-state index is 0.00592. The number of nitrogens with zero attached hydrogens (tertiary/aromatic N) is 3. The molecule has 1 aromatic heterocycles. The van der Waals surface area contributed by atoms with E-state index in [4.69, 9.17) is 15.9 Å². The van der Waals surface area contributed by atoms with Crippen LogP contribution in [0.25, 0.3) is 0 Å². The van der Waals surface area contributed by atoms with Gasteiger partial charge < -0.3 is 36.6 Å². The number of benzene rings is 2. The van der Waals surface area contributed by atoms with E-state index in [1.807, 2.05) is 6.07 Å². The Morgan fingerprint density at radius 1 is 1.04 bits per heavy atom. The van der Waals surface area contributed by atoms with Crippen LogP contribution >= 0.6 is 0 Å². The lowest BCUT2D eigenvalue weighted by molar-refractivity contribution is 0.194. The molecule has 3 heterocycles. The van der Waals surface area contributed by atoms with E-state index in [1.165, 1.54) is 12.1 Å². The minimum Gasteiger partial charge on any atom is -0.450 e. The maximum atomic E-state index is 13.2. The van der Waals surface area contributed by atoms with Crippen LogP contribution in [0.1, 0.15) is 62.5 Å². The zero-order valence-electron chi connectivity index (χ0n) is 25.2. The van der Waals surface area contributed by atoms with Gasteiger partial charge in [0.25, 0.3) is 0 Å². The Kier molecular flexibility index (Phi) is 9.15. The molecular weight excluding hydrogens is 577 g/mol. The summed E-state index contributed by atoms with van der Waals surface area (Å²) in [5, 5.41) is 19.7. The summed E-state index contributed by atoms with van der Waals surface area (Å²) in [6.07, 6.45) is 7.99. The first-order chi connectivity index (χ1) is 21.8. The van der Waals surface area contributed by atoms with Crippen molar-refractivity contribution in [2.24, 2.45) is 5.73 Å². The number of carbonyl (C=O) groups is 1. The quantitative estimate of drug-likeness (QED) is 0.0950. The van der Waals surface area contributed by atoms with Crippen LogP contribution in [0.5, 0.6) is 11.5 Å². The van der Waals surface area contributed by atoms with Gasteiger partial charge in [0.2, 0.25) is 0 Å². The van der Waals surface area contributed by atoms with Crippen LogP contribution in [-0.2, 0) is 0 Å². The number of ether oxygens (including phenoxy) is 1. The van der Waals surface area contributed by atoms with E-state index in [0.29, 0.717) is 48.7 Å². The zero-order valence-corrected chi connectivity index (χ0v) is 25.2. The van der Waals surface area contributed by atoms with Crippen LogP contribution in [0, 0.1) is 11.2 Å². The maximum absolute atomic E-state index is 13.2. The molecule has 12 nitrogen and oxygen atoms in total. The van der Waals surface area contributed by atoms with Gasteiger partial charge in [-0.05, 0) is 99.4 Å². The molecule has 2 aromatic carbocycles. The van der Waals surface area contributed by atoms with Gasteiger partial charge in [-0.1, -0.05) is 6.07 Å². The van der Waals surface area contributed by atoms with E-state index in [1.54, 1.807) is 27.8 Å². The highest BCUT2D eigenvalue weighted by molar-refractivity contribution is 5.89. The lowest BCUT2D eigenvalue weighted by Gasteiger charge is -2.33. The highest BCUT2D eigenvalue weighted by Gasteiger charge is 2.28. The molecule has 45 heavy (non-hydrogen) atoms. The summed E-state index contributed by atoms with van der Waals surface area (Å²) in [6, 6.07) is 12.1. The van der Waals surface area contributed by atoms with E-state index in [0.717, 1.165) is 62.7 Å². The lowest BCUT2D eigenvalue weighted by atomic mass is 9.89. The van der Waals surface area contributed by atoms with Crippen molar-refractivity contribution in [3.63, 3.8) is 0 Å². The number of hydrogen-bond acceptors (Lipinski definition) is 7. The summed E-state index contributed by atoms with van der Waals surface area (Å²) in [4.78, 5) is 31.9. The number of hydrogen-bond donors (Lipinski definition) is 6. The monoisotopic (exact) mass is 617 g/mol. The molecule has 2 amide bonds. The van der Waals surface area contributed by atoms with Crippen molar-refractivity contribution in [3.8, 4) is 11.5 Å². The predicted octanol–water partition coefficient (Wildman–Crippen LogP) is 4.59. The van der Waals surface area contributed by atoms with Gasteiger partial charge in [-0.15, -0.1) is 0 Å². The molecule has 0 unspecified atom stereocenters. The average Bonchev–Trinajstić information content (AvgIpc) is 3.04. The number of guanidine groups is 1. The fourth-order valence-corrected chi connectivity index (χ4v) is 6.44. The molecule has 2 fully saturated rings. The Bertz CT molecular complexity index is 1580. The zero-order chi connectivity index (χ0) is 31.3. The first-order valence-corrected chi connectivity index (χ1v) is 15.7. The smallest absolute Gasteiger partial charge is 0.350 e. The van der Waals surface area contributed by atoms with Crippen molar-refractivity contribution in [1.82, 2.24) is 25.1 Å². The number of halogens is 1. The Morgan fingerprint density at radius 2 is 1.80 bits per heavy atom. The largest absolute Gasteiger partial charge is 0.450 e. The number of nitrogens with one attached hydrogen (secondary N) is 5. The number of likely N-dealkylation sites (tertiary alicyclic amines) is 1. The second-order valence-electron chi connectivity index (χ2n) is 12.0. The van der Waals surface area contributed by atoms with Gasteiger partial charge in [0, 0.05) is 37.4 Å². The third kappa shape index (κ3) is 7.36. The summed E-state index contributed by atoms with van der Waals surface area (Å²) in [6.45, 7) is 2.75. The number of amides is 2. The molecule has 13 heteroatoms. The predicted molar refractivity (Wildman–Crippen MR) is 171 cm³/mol. The van der Waals surface area contributed by atoms with E-state index in [2.05, 4.69) is 38.4 Å². The Morgan fingerprint density at radius 3 is 2.53 bits per heavy atom. The van der Waals surface area contributed by atoms with Gasteiger partial charge in [-0.25, -0.2) is 14.0 Å². The van der Waals surface area contributed by atoms with Crippen molar-refractivity contribution in [2.45, 2.75) is 62.9 Å². The molecule has 1 saturated carbocycles. The summed E-state index contributed by atoms with van der Waals surface area (Å²) < 4.78 is 21.1. The number of anilines is 3. The van der Waals surface area contributed by atoms with E-state index in [9.17, 15) is 14.0 Å². The van der Waals surface area contributed by atoms with Gasteiger partial charge in [0.05, 0.1) is 11.9 Å². The molecule has 238 valence electrons. The number of fused-ring (bicyclic) bond motifs is 2. The molecule has 1 saturated heterocycles. The first-order valence-electron chi connectivity index (χ1n) is 15.7. The molecule has 2 aliphatic heterocycles. The van der Waals surface area contributed by atoms with Crippen LogP contribution in [0.2, 0.25) is 0 Å². The summed E-state index contributed by atoms with van der Waals surface area (Å²) >= 11 is 0. The van der Waals surface area contributed by atoms with Gasteiger partial charge in [-0.3, -0.25) is 9.98 Å². The molecule has 0 atom stereocenters. The third-order valence-corrected chi connectivity index (χ3v) is 8.94. The molecule has 7 N–H and O–H groups in total. The Hall–Kier alpha value is -4.65. The van der Waals surface area contributed by atoms with Gasteiger partial charge in [0.1, 0.15) is 5.82 Å². The van der Waals surface area contributed by atoms with Crippen LogP contribution in [0.3, 0.4) is 0 Å². The molecular formula is C32H40FN9O3. The van der Waals surface area contributed by atoms with Crippen LogP contribution in [0.15, 0.2) is 53.5 Å². The molecule has 3 aromatic rings. The highest BCUT2D eigenvalue weighted by Crippen LogP contribution is 2.43. The molecule has 6 rings (SSSR count). The number of urea groups is 1. The average molecular weight is 618 g/mol. The van der Waals surface area contributed by atoms with Crippen molar-refractivity contribution in [2.75, 3.05) is 36.8 Å². The SMILES string of the molecule is N=C(N)NCCCNC1CCC(n2cc3c(nc2=O)Nc2cc(C4CCN(C(=O)Nc5ccc(F)cc5)CC4)ccc2O3)CC1. The Balaban J connectivity index is 1.02. The Labute approximate surface area is 261 Å². The van der Waals surface area contributed by atoms with Crippen molar-refractivity contribution >= 4 is 29.2 Å². The van der Waals surface area contributed by atoms with Crippen LogP contribution in [-0.4, -0.2) is 58.7 Å². The second kappa shape index (κ2) is 13.6. The van der Waals surface area contributed by atoms with Crippen LogP contribution < -0.4 is 37.4 Å². The number of rotatable bonds is 8. The highest BCUT2D eigenvalue weighted by atomic mass is 19.1. The van der Waals surface area contributed by atoms with E-state index >= 15 is 0 Å². The number of nitrogens with two attached hydrogens (primary N) is 1. The van der Waals surface area contributed by atoms with E-state index < -0.39 is 0 Å². The number of carbonyl (C=O) groups excluding carboxylic acids is 1. The van der Waals surface area contributed by atoms with Gasteiger partial charge in [-0.2, -0.15) is 4.98 Å². The topological polar surface area (TPSA) is 162 Å². The molecule has 3 aliphatic rings. The fourth-order valence-electron chi connectivity index (χ4n) is 6.44. The lowest BCUT2D eigenvalue weighted by Crippen LogP contribution is -2.40. The number of aromatic nitrogens is 2. The first kappa shape index (κ1) is 30.4. The molecule has 1 aliphatic carbocycles. The maximum Gasteiger partial charge on any atom is 0.350 e. The minimum atomic E-state index is -0.342. The summed E-state index contributed by atoms with van der Waals surface area (Å²) in [7, 11) is 0. The normalized spacial score (nSPS) is 19.4. The summed E-state index contributed by atoms with van der Waals surface area (Å²) in [5.41, 5.74) is 7.51. The number of piperidine rings is 1. The molecule has 0 radical (unpaired) electrons. The third-order valence-electron chi connectivity index (χ3n) is 8.94. The van der Waals surface area contributed by atoms with Crippen LogP contribution in [0.4, 0.5) is 26.4 Å². The second-order valence-corrected chi connectivity index (χ2v) is 12.0. The van der Waals surface area contributed by atoms with Gasteiger partial charge >= 0.3 is 11.7 Å². The van der Waals surface area contributed by atoms with E-state index in [-0.39, 0.29) is 35.5 Å². The van der Waals surface area contributed by atoms with Crippen molar-refractivity contribution in [3.05, 3.63) is 70.5 Å². The van der Waals surface area contributed by atoms with Crippen molar-refractivity contribution < 1.29 is 13.9 Å². The molecule has 0 spiro atoms. The van der Waals surface area contributed by atoms with Gasteiger partial charge in [0.15, 0.2) is 23.3 Å². The fraction of sp³-hybridized carbons (Fsp3) is 0.438. The standard InChI is InChI=1S/C32H40FN9O3/c33-22-3-5-24(6-4-22)38-31(43)41-16-12-20(13-17-41)21-2-11-27-26(18-21)39-29-28(45-27)19-42(32(44)40-29)25-9-7-23(8-10-25)36-14-1-15-37-30(34)35/h2-6,11,18-20,23,25,36H,1,7-10,12-17H2,(H,38,43)(H4,34,35,37)(H,39,40,44). The van der Waals surface area contributed by atoms with Crippen molar-refractivity contribution in [1.29, 1.82) is 5.41 Å². The summed E-state index contributed by atoms with van der Waals surface area (Å²) in [5.74, 6) is 1.56.